The van der Waals surface area contributed by atoms with Crippen molar-refractivity contribution in [2.24, 2.45) is 0 Å². The normalized spacial score (nSPS) is 63.9. The second-order valence-corrected chi connectivity index (χ2v) is 3.35. The molecule has 0 unspecified atom stereocenters. The molecule has 0 aromatic rings. The van der Waals surface area contributed by atoms with Crippen LogP contribution in [0.15, 0.2) is 0 Å². The molecule has 1 N–H and O–H groups in total. The molecular weight excluding hydrogens is 132 g/mol. The summed E-state index contributed by atoms with van der Waals surface area (Å²) in [6, 6.07) is 0. The van der Waals surface area contributed by atoms with Crippen molar-refractivity contribution in [2.75, 3.05) is 0 Å². The van der Waals surface area contributed by atoms with E-state index in [9.17, 15) is 5.11 Å². The summed E-state index contributed by atoms with van der Waals surface area (Å²) in [7, 11) is 0. The Kier molecular flexibility index (Phi) is 0.854. The van der Waals surface area contributed by atoms with Gasteiger partial charge in [0, 0.05) is 0 Å². The van der Waals surface area contributed by atoms with Crippen LogP contribution in [-0.2, 0) is 9.47 Å². The number of fused-ring (bicyclic) bond motifs is 4. The summed E-state index contributed by atoms with van der Waals surface area (Å²) in [4.78, 5) is 0. The van der Waals surface area contributed by atoms with Gasteiger partial charge in [-0.05, 0) is 12.8 Å². The molecule has 0 saturated carbocycles. The van der Waals surface area contributed by atoms with Gasteiger partial charge >= 0.3 is 0 Å². The lowest BCUT2D eigenvalue weighted by atomic mass is 10.1. The van der Waals surface area contributed by atoms with Crippen LogP contribution in [0, 0.1) is 0 Å². The van der Waals surface area contributed by atoms with E-state index in [-0.39, 0.29) is 24.4 Å². The Labute approximate surface area is 58.9 Å². The summed E-state index contributed by atoms with van der Waals surface area (Å²) in [5, 5.41) is 9.46. The van der Waals surface area contributed by atoms with Gasteiger partial charge in [-0.3, -0.25) is 0 Å². The van der Waals surface area contributed by atoms with E-state index in [4.69, 9.17) is 9.47 Å². The van der Waals surface area contributed by atoms with Crippen LogP contribution in [0.2, 0.25) is 0 Å². The van der Waals surface area contributed by atoms with Gasteiger partial charge in [0.1, 0.15) is 18.3 Å². The van der Waals surface area contributed by atoms with Gasteiger partial charge in [0.15, 0.2) is 0 Å². The van der Waals surface area contributed by atoms with E-state index < -0.39 is 0 Å². The minimum atomic E-state index is -0.344. The summed E-state index contributed by atoms with van der Waals surface area (Å²) < 4.78 is 10.7. The van der Waals surface area contributed by atoms with Gasteiger partial charge in [-0.2, -0.15) is 0 Å². The number of hydrogen-bond donors (Lipinski definition) is 1. The van der Waals surface area contributed by atoms with Crippen molar-refractivity contribution in [3.8, 4) is 0 Å². The zero-order valence-corrected chi connectivity index (χ0v) is 5.56. The highest BCUT2D eigenvalue weighted by molar-refractivity contribution is 5.06. The maximum Gasteiger partial charge on any atom is 0.115 e. The van der Waals surface area contributed by atoms with Crippen LogP contribution < -0.4 is 0 Å². The maximum absolute atomic E-state index is 9.46. The largest absolute Gasteiger partial charge is 0.388 e. The fourth-order valence-corrected chi connectivity index (χ4v) is 2.10. The molecule has 0 aromatic heterocycles. The molecule has 0 spiro atoms. The van der Waals surface area contributed by atoms with Crippen LogP contribution in [0.1, 0.15) is 12.8 Å². The predicted molar refractivity (Wildman–Crippen MR) is 32.6 cm³/mol. The first-order valence-electron chi connectivity index (χ1n) is 3.85. The van der Waals surface area contributed by atoms with E-state index >= 15 is 0 Å². The lowest BCUT2D eigenvalue weighted by molar-refractivity contribution is -0.0569. The van der Waals surface area contributed by atoms with Crippen LogP contribution >= 0.6 is 0 Å². The molecule has 2 bridgehead atoms. The van der Waals surface area contributed by atoms with Gasteiger partial charge in [-0.25, -0.2) is 0 Å². The molecule has 3 fully saturated rings. The molecule has 3 heteroatoms. The van der Waals surface area contributed by atoms with Crippen molar-refractivity contribution in [1.82, 2.24) is 0 Å². The minimum Gasteiger partial charge on any atom is -0.388 e. The van der Waals surface area contributed by atoms with Crippen molar-refractivity contribution in [3.63, 3.8) is 0 Å². The summed E-state index contributed by atoms with van der Waals surface area (Å²) in [6.07, 6.45) is 2.47. The summed E-state index contributed by atoms with van der Waals surface area (Å²) in [5.41, 5.74) is 0. The molecule has 5 atom stereocenters. The predicted octanol–water partition coefficient (Wildman–Crippen LogP) is -0.324. The quantitative estimate of drug-likeness (QED) is 0.471. The maximum atomic E-state index is 9.46. The molecule has 0 aromatic carbocycles. The Balaban J connectivity index is 1.91. The minimum absolute atomic E-state index is 0.0775. The molecule has 3 aliphatic heterocycles. The number of hydrogen-bond acceptors (Lipinski definition) is 3. The van der Waals surface area contributed by atoms with E-state index in [0.29, 0.717) is 6.10 Å². The first-order valence-corrected chi connectivity index (χ1v) is 3.85. The smallest absolute Gasteiger partial charge is 0.115 e. The van der Waals surface area contributed by atoms with E-state index in [0.717, 1.165) is 12.8 Å². The standard InChI is InChI=1S/C7H10O3/c8-5-3-1-2-4(9-3)6-7(5)10-6/h3-8H,1-2H2/t3-,4+,5-,6-,7+/m1/s1. The average molecular weight is 142 g/mol. The van der Waals surface area contributed by atoms with E-state index in [1.165, 1.54) is 0 Å². The second-order valence-electron chi connectivity index (χ2n) is 3.35. The highest BCUT2D eigenvalue weighted by Gasteiger charge is 2.59. The second kappa shape index (κ2) is 1.55. The number of aliphatic hydroxyl groups is 1. The Hall–Kier alpha value is -0.120. The summed E-state index contributed by atoms with van der Waals surface area (Å²) in [5.74, 6) is 0. The van der Waals surface area contributed by atoms with Crippen molar-refractivity contribution >= 4 is 0 Å². The lowest BCUT2D eigenvalue weighted by Gasteiger charge is -2.21. The van der Waals surface area contributed by atoms with Crippen molar-refractivity contribution in [2.45, 2.75) is 43.4 Å². The van der Waals surface area contributed by atoms with E-state index in [2.05, 4.69) is 0 Å². The number of ether oxygens (including phenoxy) is 2. The van der Waals surface area contributed by atoms with Gasteiger partial charge in [0.05, 0.1) is 12.2 Å². The van der Waals surface area contributed by atoms with Gasteiger partial charge in [-0.1, -0.05) is 0 Å². The van der Waals surface area contributed by atoms with Crippen LogP contribution in [0.25, 0.3) is 0 Å². The van der Waals surface area contributed by atoms with Crippen LogP contribution in [0.4, 0.5) is 0 Å². The zero-order valence-electron chi connectivity index (χ0n) is 5.56. The Morgan fingerprint density at radius 2 is 1.80 bits per heavy atom. The van der Waals surface area contributed by atoms with Gasteiger partial charge < -0.3 is 14.6 Å². The average Bonchev–Trinajstić information content (AvgIpc) is 2.61. The fourth-order valence-electron chi connectivity index (χ4n) is 2.10. The SMILES string of the molecule is O[C@H]1[C@@H]2O[C@@H]2[C@@H]2CC[C@H]1O2. The fraction of sp³-hybridized carbons (Fsp3) is 1.00. The first-order chi connectivity index (χ1) is 4.86. The van der Waals surface area contributed by atoms with Crippen molar-refractivity contribution < 1.29 is 14.6 Å². The summed E-state index contributed by atoms with van der Waals surface area (Å²) in [6.45, 7) is 0. The van der Waals surface area contributed by atoms with Crippen LogP contribution in [0.3, 0.4) is 0 Å². The lowest BCUT2D eigenvalue weighted by Crippen LogP contribution is -2.38. The Bertz CT molecular complexity index is 168. The molecule has 0 radical (unpaired) electrons. The van der Waals surface area contributed by atoms with Crippen LogP contribution in [0.5, 0.6) is 0 Å². The highest BCUT2D eigenvalue weighted by Crippen LogP contribution is 2.44. The molecule has 0 aliphatic carbocycles. The highest BCUT2D eigenvalue weighted by atomic mass is 16.7. The summed E-state index contributed by atoms with van der Waals surface area (Å²) >= 11 is 0. The van der Waals surface area contributed by atoms with Gasteiger partial charge in [0.2, 0.25) is 0 Å². The monoisotopic (exact) mass is 142 g/mol. The number of aliphatic hydroxyl groups excluding tert-OH is 1. The molecule has 0 amide bonds. The van der Waals surface area contributed by atoms with E-state index in [1.807, 2.05) is 0 Å². The number of rotatable bonds is 0. The third-order valence-corrected chi connectivity index (χ3v) is 2.73. The number of epoxide rings is 1. The topological polar surface area (TPSA) is 42.0 Å². The zero-order chi connectivity index (χ0) is 6.72. The third-order valence-electron chi connectivity index (χ3n) is 2.73. The molecule has 3 aliphatic rings. The Morgan fingerprint density at radius 3 is 2.70 bits per heavy atom. The molecule has 3 rings (SSSR count). The molecule has 3 nitrogen and oxygen atoms in total. The molecular formula is C7H10O3. The van der Waals surface area contributed by atoms with Gasteiger partial charge in [-0.15, -0.1) is 0 Å². The van der Waals surface area contributed by atoms with E-state index in [1.54, 1.807) is 0 Å². The first kappa shape index (κ1) is 5.52. The van der Waals surface area contributed by atoms with Crippen LogP contribution in [-0.4, -0.2) is 35.6 Å². The van der Waals surface area contributed by atoms with Gasteiger partial charge in [0.25, 0.3) is 0 Å². The van der Waals surface area contributed by atoms with Crippen molar-refractivity contribution in [1.29, 1.82) is 0 Å². The molecule has 3 heterocycles. The molecule has 3 saturated heterocycles. The molecule has 56 valence electrons. The van der Waals surface area contributed by atoms with Crippen molar-refractivity contribution in [3.05, 3.63) is 0 Å². The Morgan fingerprint density at radius 1 is 1.00 bits per heavy atom. The molecule has 10 heavy (non-hydrogen) atoms. The third kappa shape index (κ3) is 0.516.